The number of nitrogens with zero attached hydrogens (tertiary/aromatic N) is 1. The molecular formula is C19H19ClN2O7. The number of amides is 1. The standard InChI is InChI=1S/C19H19ClN2O7/c1-11(29-19(24)14-6-5-13(22(25)26)9-15(14)20)18(23)21-10-12-4-7-16(27-2)17(8-12)28-3/h4-9,11H,10H2,1-3H3,(H,21,23). The average molecular weight is 423 g/mol. The van der Waals surface area contributed by atoms with Crippen LogP contribution >= 0.6 is 11.6 Å². The topological polar surface area (TPSA) is 117 Å². The Balaban J connectivity index is 1.97. The minimum Gasteiger partial charge on any atom is -0.493 e. The van der Waals surface area contributed by atoms with Crippen LogP contribution in [0.4, 0.5) is 5.69 Å². The number of nitro groups is 1. The molecule has 0 fully saturated rings. The predicted octanol–water partition coefficient (Wildman–Crippen LogP) is 3.13. The van der Waals surface area contributed by atoms with Gasteiger partial charge in [0, 0.05) is 18.7 Å². The van der Waals surface area contributed by atoms with Gasteiger partial charge in [0.25, 0.3) is 11.6 Å². The lowest BCUT2D eigenvalue weighted by molar-refractivity contribution is -0.384. The minimum absolute atomic E-state index is 0.0724. The molecule has 0 aliphatic heterocycles. The number of methoxy groups -OCH3 is 2. The average Bonchev–Trinajstić information content (AvgIpc) is 2.71. The summed E-state index contributed by atoms with van der Waals surface area (Å²) in [5.74, 6) is -0.304. The van der Waals surface area contributed by atoms with Gasteiger partial charge < -0.3 is 19.5 Å². The molecule has 2 rings (SSSR count). The van der Waals surface area contributed by atoms with Gasteiger partial charge in [0.05, 0.1) is 29.7 Å². The van der Waals surface area contributed by atoms with E-state index < -0.39 is 22.9 Å². The van der Waals surface area contributed by atoms with Crippen molar-refractivity contribution in [1.82, 2.24) is 5.32 Å². The minimum atomic E-state index is -1.10. The second-order valence-electron chi connectivity index (χ2n) is 5.88. The van der Waals surface area contributed by atoms with Crippen molar-refractivity contribution in [2.75, 3.05) is 14.2 Å². The molecule has 10 heteroatoms. The van der Waals surface area contributed by atoms with Crippen molar-refractivity contribution in [2.45, 2.75) is 19.6 Å². The number of carbonyl (C=O) groups excluding carboxylic acids is 2. The summed E-state index contributed by atoms with van der Waals surface area (Å²) >= 11 is 5.90. The number of hydrogen-bond acceptors (Lipinski definition) is 7. The van der Waals surface area contributed by atoms with Gasteiger partial charge in [-0.1, -0.05) is 17.7 Å². The number of carbonyl (C=O) groups is 2. The second kappa shape index (κ2) is 9.74. The summed E-state index contributed by atoms with van der Waals surface area (Å²) in [5, 5.41) is 13.2. The maximum atomic E-state index is 12.2. The molecule has 0 radical (unpaired) electrons. The van der Waals surface area contributed by atoms with E-state index in [4.69, 9.17) is 25.8 Å². The highest BCUT2D eigenvalue weighted by molar-refractivity contribution is 6.33. The zero-order chi connectivity index (χ0) is 21.6. The molecule has 0 heterocycles. The van der Waals surface area contributed by atoms with E-state index in [1.54, 1.807) is 18.2 Å². The van der Waals surface area contributed by atoms with Crippen LogP contribution < -0.4 is 14.8 Å². The smallest absolute Gasteiger partial charge is 0.340 e. The van der Waals surface area contributed by atoms with Gasteiger partial charge in [-0.2, -0.15) is 0 Å². The molecule has 1 N–H and O–H groups in total. The van der Waals surface area contributed by atoms with Gasteiger partial charge in [-0.3, -0.25) is 14.9 Å². The summed E-state index contributed by atoms with van der Waals surface area (Å²) in [6.07, 6.45) is -1.10. The molecule has 0 aliphatic carbocycles. The molecule has 9 nitrogen and oxygen atoms in total. The van der Waals surface area contributed by atoms with E-state index in [9.17, 15) is 19.7 Å². The van der Waals surface area contributed by atoms with Gasteiger partial charge in [-0.15, -0.1) is 0 Å². The Labute approximate surface area is 171 Å². The second-order valence-corrected chi connectivity index (χ2v) is 6.28. The lowest BCUT2D eigenvalue weighted by Gasteiger charge is -2.15. The highest BCUT2D eigenvalue weighted by Crippen LogP contribution is 2.27. The molecule has 2 aromatic rings. The van der Waals surface area contributed by atoms with Crippen LogP contribution in [0.5, 0.6) is 11.5 Å². The Morgan fingerprint density at radius 1 is 1.14 bits per heavy atom. The van der Waals surface area contributed by atoms with Gasteiger partial charge >= 0.3 is 5.97 Å². The first-order valence-electron chi connectivity index (χ1n) is 8.40. The third kappa shape index (κ3) is 5.58. The summed E-state index contributed by atoms with van der Waals surface area (Å²) < 4.78 is 15.5. The normalized spacial score (nSPS) is 11.3. The van der Waals surface area contributed by atoms with Crippen molar-refractivity contribution in [2.24, 2.45) is 0 Å². The number of hydrogen-bond donors (Lipinski definition) is 1. The molecule has 0 saturated heterocycles. The fourth-order valence-electron chi connectivity index (χ4n) is 2.38. The summed E-state index contributed by atoms with van der Waals surface area (Å²) in [7, 11) is 3.03. The van der Waals surface area contributed by atoms with Crippen LogP contribution in [0, 0.1) is 10.1 Å². The molecule has 0 spiro atoms. The van der Waals surface area contributed by atoms with Gasteiger partial charge in [-0.05, 0) is 30.7 Å². The van der Waals surface area contributed by atoms with E-state index in [-0.39, 0.29) is 22.8 Å². The maximum absolute atomic E-state index is 12.2. The molecule has 0 aromatic heterocycles. The van der Waals surface area contributed by atoms with Crippen LogP contribution in [-0.4, -0.2) is 37.1 Å². The number of esters is 1. The largest absolute Gasteiger partial charge is 0.493 e. The van der Waals surface area contributed by atoms with Crippen LogP contribution in [0.1, 0.15) is 22.8 Å². The SMILES string of the molecule is COc1ccc(CNC(=O)C(C)OC(=O)c2ccc([N+](=O)[O-])cc2Cl)cc1OC. The van der Waals surface area contributed by atoms with Crippen molar-refractivity contribution in [3.63, 3.8) is 0 Å². The van der Waals surface area contributed by atoms with E-state index in [2.05, 4.69) is 5.32 Å². The van der Waals surface area contributed by atoms with Crippen LogP contribution in [0.25, 0.3) is 0 Å². The van der Waals surface area contributed by atoms with Gasteiger partial charge in [-0.25, -0.2) is 4.79 Å². The number of non-ortho nitro benzene ring substituents is 1. The van der Waals surface area contributed by atoms with Crippen LogP contribution in [0.15, 0.2) is 36.4 Å². The lowest BCUT2D eigenvalue weighted by atomic mass is 10.2. The summed E-state index contributed by atoms with van der Waals surface area (Å²) in [6.45, 7) is 1.58. The number of halogens is 1. The fraction of sp³-hybridized carbons (Fsp3) is 0.263. The molecule has 1 amide bonds. The maximum Gasteiger partial charge on any atom is 0.340 e. The Morgan fingerprint density at radius 3 is 2.41 bits per heavy atom. The van der Waals surface area contributed by atoms with Crippen molar-refractivity contribution in [1.29, 1.82) is 0 Å². The quantitative estimate of drug-likeness (QED) is 0.394. The lowest BCUT2D eigenvalue weighted by Crippen LogP contribution is -2.35. The number of rotatable bonds is 8. The Morgan fingerprint density at radius 2 is 1.83 bits per heavy atom. The molecule has 154 valence electrons. The van der Waals surface area contributed by atoms with Crippen LogP contribution in [0.2, 0.25) is 5.02 Å². The molecular weight excluding hydrogens is 404 g/mol. The third-order valence-electron chi connectivity index (χ3n) is 3.95. The van der Waals surface area contributed by atoms with E-state index in [1.165, 1.54) is 27.2 Å². The summed E-state index contributed by atoms with van der Waals surface area (Å²) in [4.78, 5) is 34.5. The zero-order valence-electron chi connectivity index (χ0n) is 15.9. The van der Waals surface area contributed by atoms with Crippen molar-refractivity contribution >= 4 is 29.2 Å². The van der Waals surface area contributed by atoms with E-state index in [0.29, 0.717) is 11.5 Å². The first-order chi connectivity index (χ1) is 13.8. The predicted molar refractivity (Wildman–Crippen MR) is 104 cm³/mol. The molecule has 0 aliphatic rings. The van der Waals surface area contributed by atoms with E-state index >= 15 is 0 Å². The zero-order valence-corrected chi connectivity index (χ0v) is 16.7. The number of ether oxygens (including phenoxy) is 3. The molecule has 1 atom stereocenters. The fourth-order valence-corrected chi connectivity index (χ4v) is 2.64. The van der Waals surface area contributed by atoms with E-state index in [0.717, 1.165) is 17.7 Å². The van der Waals surface area contributed by atoms with Crippen molar-refractivity contribution < 1.29 is 28.7 Å². The summed E-state index contributed by atoms with van der Waals surface area (Å²) in [5.41, 5.74) is 0.428. The monoisotopic (exact) mass is 422 g/mol. The van der Waals surface area contributed by atoms with Crippen LogP contribution in [-0.2, 0) is 16.1 Å². The van der Waals surface area contributed by atoms with Gasteiger partial charge in [0.2, 0.25) is 0 Å². The van der Waals surface area contributed by atoms with Gasteiger partial charge in [0.1, 0.15) is 0 Å². The van der Waals surface area contributed by atoms with Crippen molar-refractivity contribution in [3.8, 4) is 11.5 Å². The number of nitrogens with one attached hydrogen (secondary N) is 1. The molecule has 0 bridgehead atoms. The third-order valence-corrected chi connectivity index (χ3v) is 4.26. The first kappa shape index (κ1) is 22.0. The van der Waals surface area contributed by atoms with Crippen molar-refractivity contribution in [3.05, 3.63) is 62.7 Å². The highest BCUT2D eigenvalue weighted by atomic mass is 35.5. The molecule has 1 unspecified atom stereocenters. The highest BCUT2D eigenvalue weighted by Gasteiger charge is 2.22. The Bertz CT molecular complexity index is 933. The van der Waals surface area contributed by atoms with E-state index in [1.807, 2.05) is 0 Å². The number of benzene rings is 2. The molecule has 29 heavy (non-hydrogen) atoms. The first-order valence-corrected chi connectivity index (χ1v) is 8.78. The Kier molecular flexibility index (Phi) is 7.38. The van der Waals surface area contributed by atoms with Crippen LogP contribution in [0.3, 0.4) is 0 Å². The Hall–Kier alpha value is -3.33. The number of nitro benzene ring substituents is 1. The molecule has 2 aromatic carbocycles. The summed E-state index contributed by atoms with van der Waals surface area (Å²) in [6, 6.07) is 8.53. The van der Waals surface area contributed by atoms with Gasteiger partial charge in [0.15, 0.2) is 17.6 Å². The molecule has 0 saturated carbocycles.